The molecule has 0 bridgehead atoms. The van der Waals surface area contributed by atoms with E-state index < -0.39 is 34.5 Å². The van der Waals surface area contributed by atoms with Gasteiger partial charge in [-0.3, -0.25) is 19.0 Å². The number of benzene rings is 1. The van der Waals surface area contributed by atoms with E-state index in [2.05, 4.69) is 10.3 Å². The summed E-state index contributed by atoms with van der Waals surface area (Å²) in [7, 11) is 1.42. The number of hydrogen-bond donors (Lipinski definition) is 2. The zero-order chi connectivity index (χ0) is 20.4. The SMILES string of the molecule is CC(=O)Oc1c(C(=O)NCc2ccc(F)cc2)nc(C(C)(C)N)n(C)c1=O. The molecule has 0 spiro atoms. The number of carbonyl (C=O) groups is 2. The van der Waals surface area contributed by atoms with Crippen LogP contribution in [0.4, 0.5) is 4.39 Å². The summed E-state index contributed by atoms with van der Waals surface area (Å²) in [6.45, 7) is 4.43. The van der Waals surface area contributed by atoms with Gasteiger partial charge in [0.25, 0.3) is 11.5 Å². The zero-order valence-corrected chi connectivity index (χ0v) is 15.5. The van der Waals surface area contributed by atoms with Crippen LogP contribution in [0.5, 0.6) is 5.75 Å². The minimum atomic E-state index is -1.02. The number of carbonyl (C=O) groups excluding carboxylic acids is 2. The number of halogens is 1. The fraction of sp³-hybridized carbons (Fsp3) is 0.333. The van der Waals surface area contributed by atoms with Crippen molar-refractivity contribution in [1.82, 2.24) is 14.9 Å². The Morgan fingerprint density at radius 2 is 1.89 bits per heavy atom. The number of rotatable bonds is 5. The van der Waals surface area contributed by atoms with Crippen LogP contribution in [0.1, 0.15) is 42.6 Å². The molecule has 0 saturated carbocycles. The first-order valence-electron chi connectivity index (χ1n) is 8.12. The smallest absolute Gasteiger partial charge is 0.308 e. The minimum absolute atomic E-state index is 0.0663. The Hall–Kier alpha value is -3.07. The Bertz CT molecular complexity index is 930. The number of nitrogens with zero attached hydrogens (tertiary/aromatic N) is 2. The van der Waals surface area contributed by atoms with Crippen molar-refractivity contribution in [3.05, 3.63) is 57.5 Å². The summed E-state index contributed by atoms with van der Waals surface area (Å²) >= 11 is 0. The second kappa shape index (κ2) is 7.67. The molecule has 0 atom stereocenters. The Morgan fingerprint density at radius 1 is 1.30 bits per heavy atom. The van der Waals surface area contributed by atoms with Crippen LogP contribution >= 0.6 is 0 Å². The monoisotopic (exact) mass is 376 g/mol. The van der Waals surface area contributed by atoms with Crippen LogP contribution in [-0.2, 0) is 23.9 Å². The van der Waals surface area contributed by atoms with E-state index in [1.54, 1.807) is 13.8 Å². The van der Waals surface area contributed by atoms with Crippen molar-refractivity contribution in [2.24, 2.45) is 12.8 Å². The number of esters is 1. The van der Waals surface area contributed by atoms with Gasteiger partial charge in [-0.15, -0.1) is 0 Å². The molecule has 1 aromatic heterocycles. The van der Waals surface area contributed by atoms with Crippen molar-refractivity contribution in [3.63, 3.8) is 0 Å². The molecule has 0 unspecified atom stereocenters. The van der Waals surface area contributed by atoms with Gasteiger partial charge in [-0.05, 0) is 31.5 Å². The molecule has 0 aliphatic carbocycles. The number of aromatic nitrogens is 2. The molecule has 0 saturated heterocycles. The van der Waals surface area contributed by atoms with Gasteiger partial charge in [0.2, 0.25) is 5.75 Å². The molecular formula is C18H21FN4O4. The molecule has 0 aliphatic rings. The maximum atomic E-state index is 13.0. The van der Waals surface area contributed by atoms with Gasteiger partial charge in [-0.2, -0.15) is 0 Å². The summed E-state index contributed by atoms with van der Waals surface area (Å²) < 4.78 is 19.0. The third-order valence-corrected chi connectivity index (χ3v) is 3.65. The first-order valence-corrected chi connectivity index (χ1v) is 8.12. The Labute approximate surface area is 155 Å². The molecule has 9 heteroatoms. The summed E-state index contributed by atoms with van der Waals surface area (Å²) in [5, 5.41) is 2.57. The predicted octanol–water partition coefficient (Wildman–Crippen LogP) is 0.969. The normalized spacial score (nSPS) is 11.2. The number of hydrogen-bond acceptors (Lipinski definition) is 6. The van der Waals surface area contributed by atoms with E-state index in [9.17, 15) is 18.8 Å². The second-order valence-corrected chi connectivity index (χ2v) is 6.60. The quantitative estimate of drug-likeness (QED) is 0.751. The molecule has 144 valence electrons. The topological polar surface area (TPSA) is 116 Å². The maximum Gasteiger partial charge on any atom is 0.308 e. The summed E-state index contributed by atoms with van der Waals surface area (Å²) in [5.41, 5.74) is 4.60. The summed E-state index contributed by atoms with van der Waals surface area (Å²) in [6.07, 6.45) is 0. The van der Waals surface area contributed by atoms with Crippen LogP contribution in [0.25, 0.3) is 0 Å². The second-order valence-electron chi connectivity index (χ2n) is 6.60. The minimum Gasteiger partial charge on any atom is -0.418 e. The molecule has 8 nitrogen and oxygen atoms in total. The number of ether oxygens (including phenoxy) is 1. The highest BCUT2D eigenvalue weighted by molar-refractivity contribution is 5.95. The molecule has 1 heterocycles. The van der Waals surface area contributed by atoms with E-state index in [4.69, 9.17) is 10.5 Å². The highest BCUT2D eigenvalue weighted by Gasteiger charge is 2.28. The van der Waals surface area contributed by atoms with E-state index in [-0.39, 0.29) is 18.1 Å². The van der Waals surface area contributed by atoms with Crippen molar-refractivity contribution in [2.75, 3.05) is 0 Å². The highest BCUT2D eigenvalue weighted by atomic mass is 19.1. The van der Waals surface area contributed by atoms with E-state index in [0.717, 1.165) is 11.5 Å². The van der Waals surface area contributed by atoms with Gasteiger partial charge in [0.15, 0.2) is 5.69 Å². The third kappa shape index (κ3) is 4.76. The summed E-state index contributed by atoms with van der Waals surface area (Å²) in [4.78, 5) is 40.7. The average molecular weight is 376 g/mol. The van der Waals surface area contributed by atoms with Crippen molar-refractivity contribution in [3.8, 4) is 5.75 Å². The number of nitrogens with one attached hydrogen (secondary N) is 1. The van der Waals surface area contributed by atoms with Gasteiger partial charge in [0, 0.05) is 20.5 Å². The first kappa shape index (κ1) is 20.2. The average Bonchev–Trinajstić information content (AvgIpc) is 2.57. The predicted molar refractivity (Wildman–Crippen MR) is 95.6 cm³/mol. The fourth-order valence-corrected chi connectivity index (χ4v) is 2.42. The lowest BCUT2D eigenvalue weighted by molar-refractivity contribution is -0.132. The fourth-order valence-electron chi connectivity index (χ4n) is 2.42. The van der Waals surface area contributed by atoms with Crippen LogP contribution in [0.15, 0.2) is 29.1 Å². The van der Waals surface area contributed by atoms with Crippen LogP contribution in [-0.4, -0.2) is 21.4 Å². The molecule has 0 aliphatic heterocycles. The molecule has 2 rings (SSSR count). The Morgan fingerprint density at radius 3 is 2.41 bits per heavy atom. The molecular weight excluding hydrogens is 355 g/mol. The van der Waals surface area contributed by atoms with Crippen LogP contribution in [0, 0.1) is 5.82 Å². The highest BCUT2D eigenvalue weighted by Crippen LogP contribution is 2.18. The van der Waals surface area contributed by atoms with Gasteiger partial charge >= 0.3 is 5.97 Å². The lowest BCUT2D eigenvalue weighted by Gasteiger charge is -2.22. The van der Waals surface area contributed by atoms with Crippen molar-refractivity contribution < 1.29 is 18.7 Å². The van der Waals surface area contributed by atoms with Crippen molar-refractivity contribution >= 4 is 11.9 Å². The molecule has 1 aromatic carbocycles. The summed E-state index contributed by atoms with van der Waals surface area (Å²) in [6, 6.07) is 5.54. The largest absolute Gasteiger partial charge is 0.418 e. The van der Waals surface area contributed by atoms with Crippen molar-refractivity contribution in [2.45, 2.75) is 32.9 Å². The molecule has 1 amide bonds. The van der Waals surface area contributed by atoms with Gasteiger partial charge in [0.05, 0.1) is 5.54 Å². The molecule has 0 radical (unpaired) electrons. The molecule has 0 fully saturated rings. The van der Waals surface area contributed by atoms with Gasteiger partial charge in [0.1, 0.15) is 11.6 Å². The molecule has 3 N–H and O–H groups in total. The Kier molecular flexibility index (Phi) is 5.75. The van der Waals surface area contributed by atoms with E-state index >= 15 is 0 Å². The van der Waals surface area contributed by atoms with E-state index in [1.165, 1.54) is 31.3 Å². The van der Waals surface area contributed by atoms with Crippen LogP contribution < -0.4 is 21.3 Å². The van der Waals surface area contributed by atoms with Gasteiger partial charge < -0.3 is 15.8 Å². The van der Waals surface area contributed by atoms with Gasteiger partial charge in [-0.1, -0.05) is 12.1 Å². The maximum absolute atomic E-state index is 13.0. The van der Waals surface area contributed by atoms with Crippen LogP contribution in [0.3, 0.4) is 0 Å². The van der Waals surface area contributed by atoms with Crippen molar-refractivity contribution in [1.29, 1.82) is 0 Å². The summed E-state index contributed by atoms with van der Waals surface area (Å²) in [5.74, 6) is -2.21. The Balaban J connectivity index is 2.43. The first-order chi connectivity index (χ1) is 12.5. The van der Waals surface area contributed by atoms with Gasteiger partial charge in [-0.25, -0.2) is 9.37 Å². The zero-order valence-electron chi connectivity index (χ0n) is 15.5. The van der Waals surface area contributed by atoms with E-state index in [1.807, 2.05) is 0 Å². The molecule has 27 heavy (non-hydrogen) atoms. The lowest BCUT2D eigenvalue weighted by Crippen LogP contribution is -2.40. The standard InChI is InChI=1S/C18H21FN4O4/c1-10(24)27-14-13(22-17(18(2,3)20)23(4)16(14)26)15(25)21-9-11-5-7-12(19)8-6-11/h5-8H,9,20H2,1-4H3,(H,21,25). The number of amides is 1. The molecule has 2 aromatic rings. The van der Waals surface area contributed by atoms with Crippen LogP contribution in [0.2, 0.25) is 0 Å². The van der Waals surface area contributed by atoms with E-state index in [0.29, 0.717) is 5.56 Å². The third-order valence-electron chi connectivity index (χ3n) is 3.65. The number of nitrogens with two attached hydrogens (primary N) is 1. The lowest BCUT2D eigenvalue weighted by atomic mass is 10.1.